The van der Waals surface area contributed by atoms with E-state index in [4.69, 9.17) is 26.1 Å². The van der Waals surface area contributed by atoms with Crippen molar-refractivity contribution in [3.63, 3.8) is 0 Å². The summed E-state index contributed by atoms with van der Waals surface area (Å²) in [6.45, 7) is 6.92. The number of halogens is 1. The van der Waals surface area contributed by atoms with Crippen LogP contribution in [-0.2, 0) is 13.9 Å². The fourth-order valence-corrected chi connectivity index (χ4v) is 10.3. The van der Waals surface area contributed by atoms with E-state index in [0.717, 1.165) is 12.8 Å². The molecular formula is C22H34ClN5O8P2. The summed E-state index contributed by atoms with van der Waals surface area (Å²) < 4.78 is 30.6. The highest BCUT2D eigenvalue weighted by Crippen LogP contribution is 2.66. The second kappa shape index (κ2) is 9.46. The summed E-state index contributed by atoms with van der Waals surface area (Å²) in [5.41, 5.74) is 0.953. The number of fused-ring (bicyclic) bond motifs is 3. The lowest BCUT2D eigenvalue weighted by Gasteiger charge is -2.39. The van der Waals surface area contributed by atoms with Crippen LogP contribution >= 0.6 is 26.6 Å². The van der Waals surface area contributed by atoms with Crippen LogP contribution in [0.25, 0.3) is 11.2 Å². The van der Waals surface area contributed by atoms with Crippen molar-refractivity contribution in [2.24, 2.45) is 16.7 Å². The monoisotopic (exact) mass is 593 g/mol. The fourth-order valence-electron chi connectivity index (χ4n) is 6.65. The van der Waals surface area contributed by atoms with E-state index < -0.39 is 51.6 Å². The third-order valence-corrected chi connectivity index (χ3v) is 13.6. The summed E-state index contributed by atoms with van der Waals surface area (Å²) in [5, 5.41) is 24.8. The van der Waals surface area contributed by atoms with Gasteiger partial charge >= 0.3 is 7.60 Å². The molecule has 3 heterocycles. The molecule has 8 atom stereocenters. The number of nitrogens with one attached hydrogen (secondary N) is 1. The molecular weight excluding hydrogens is 560 g/mol. The van der Waals surface area contributed by atoms with Crippen molar-refractivity contribution < 1.29 is 38.8 Å². The SMILES string of the molecule is CC1(C)[C@@H]2CC[C@@]1(C)C(Nc1nc(Cl)nc3c1ncn3[C@@H]1O[C@H](CCP(=O)(O)CP(=O)(O)O)C(O)C1O)C2. The van der Waals surface area contributed by atoms with E-state index >= 15 is 0 Å². The summed E-state index contributed by atoms with van der Waals surface area (Å²) >= 11 is 6.28. The van der Waals surface area contributed by atoms with Crippen LogP contribution in [0, 0.1) is 16.7 Å². The number of nitrogens with zero attached hydrogens (tertiary/aromatic N) is 4. The molecule has 2 aromatic heterocycles. The van der Waals surface area contributed by atoms with E-state index in [0.29, 0.717) is 17.3 Å². The summed E-state index contributed by atoms with van der Waals surface area (Å²) in [4.78, 5) is 41.1. The Morgan fingerprint density at radius 3 is 2.50 bits per heavy atom. The van der Waals surface area contributed by atoms with Crippen LogP contribution in [0.15, 0.2) is 6.33 Å². The lowest BCUT2D eigenvalue weighted by atomic mass is 9.69. The van der Waals surface area contributed by atoms with Gasteiger partial charge in [0.05, 0.1) is 12.4 Å². The van der Waals surface area contributed by atoms with Gasteiger partial charge in [-0.1, -0.05) is 20.8 Å². The van der Waals surface area contributed by atoms with Crippen LogP contribution in [0.2, 0.25) is 5.28 Å². The van der Waals surface area contributed by atoms with Gasteiger partial charge in [-0.25, -0.2) is 4.98 Å². The quantitative estimate of drug-likeness (QED) is 0.193. The first-order valence-electron chi connectivity index (χ1n) is 12.6. The molecule has 212 valence electrons. The number of aromatic nitrogens is 4. The molecule has 1 aliphatic heterocycles. The van der Waals surface area contributed by atoms with Crippen molar-refractivity contribution in [1.29, 1.82) is 0 Å². The number of rotatable bonds is 8. The number of hydrogen-bond donors (Lipinski definition) is 6. The van der Waals surface area contributed by atoms with E-state index in [1.807, 2.05) is 0 Å². The zero-order chi connectivity index (χ0) is 27.8. The first-order valence-corrected chi connectivity index (χ1v) is 16.8. The molecule has 4 unspecified atom stereocenters. The molecule has 1 saturated heterocycles. The third kappa shape index (κ3) is 4.84. The largest absolute Gasteiger partial charge is 0.388 e. The normalized spacial score (nSPS) is 36.1. The molecule has 0 spiro atoms. The number of hydrogen-bond acceptors (Lipinski definition) is 9. The molecule has 2 aromatic rings. The first-order chi connectivity index (χ1) is 17.5. The second-order valence-electron chi connectivity index (χ2n) is 11.7. The summed E-state index contributed by atoms with van der Waals surface area (Å²) in [6.07, 6.45) is -1.02. The van der Waals surface area contributed by atoms with Gasteiger partial charge in [-0.15, -0.1) is 0 Å². The maximum atomic E-state index is 12.2. The van der Waals surface area contributed by atoms with Crippen molar-refractivity contribution >= 4 is 43.5 Å². The lowest BCUT2D eigenvalue weighted by Crippen LogP contribution is -2.40. The number of ether oxygens (including phenoxy) is 1. The molecule has 6 N–H and O–H groups in total. The van der Waals surface area contributed by atoms with Gasteiger partial charge in [-0.3, -0.25) is 13.7 Å². The predicted molar refractivity (Wildman–Crippen MR) is 139 cm³/mol. The topological polar surface area (TPSA) is 200 Å². The van der Waals surface area contributed by atoms with Gasteiger partial charge in [-0.05, 0) is 54.0 Å². The van der Waals surface area contributed by atoms with Crippen LogP contribution in [0.4, 0.5) is 5.82 Å². The second-order valence-corrected chi connectivity index (χ2v) is 16.6. The number of anilines is 1. The zero-order valence-electron chi connectivity index (χ0n) is 21.3. The summed E-state index contributed by atoms with van der Waals surface area (Å²) in [7, 11) is -8.88. The first kappa shape index (κ1) is 28.4. The van der Waals surface area contributed by atoms with Crippen LogP contribution in [0.5, 0.6) is 0 Å². The molecule has 3 aliphatic rings. The zero-order valence-corrected chi connectivity index (χ0v) is 23.9. The lowest BCUT2D eigenvalue weighted by molar-refractivity contribution is -0.0354. The standard InChI is InChI=1S/C22H34ClN5O8P2/c1-21(2)11-4-6-22(21,3)13(8-11)25-17-14-18(27-20(23)26-17)28(9-24-14)19-16(30)15(29)12(36-19)5-7-37(31,32)10-38(33,34)35/h9,11-13,15-16,19,29-30H,4-8,10H2,1-3H3,(H,31,32)(H,25,26,27)(H2,33,34,35)/t11-,12-,13?,15?,16?,19-,22+/m1/s1. The van der Waals surface area contributed by atoms with Crippen molar-refractivity contribution in [3.8, 4) is 0 Å². The summed E-state index contributed by atoms with van der Waals surface area (Å²) in [5.74, 6) is -0.0901. The highest BCUT2D eigenvalue weighted by Gasteiger charge is 2.61. The minimum Gasteiger partial charge on any atom is -0.388 e. The highest BCUT2D eigenvalue weighted by atomic mass is 35.5. The molecule has 2 saturated carbocycles. The van der Waals surface area contributed by atoms with Crippen LogP contribution in [0.3, 0.4) is 0 Å². The van der Waals surface area contributed by atoms with Gasteiger partial charge in [-0.2, -0.15) is 9.97 Å². The van der Waals surface area contributed by atoms with Crippen molar-refractivity contribution in [3.05, 3.63) is 11.6 Å². The molecule has 3 fully saturated rings. The Bertz CT molecular complexity index is 1340. The average Bonchev–Trinajstić information content (AvgIpc) is 3.44. The smallest absolute Gasteiger partial charge is 0.335 e. The number of aliphatic hydroxyl groups is 2. The van der Waals surface area contributed by atoms with Crippen molar-refractivity contribution in [1.82, 2.24) is 19.5 Å². The van der Waals surface area contributed by atoms with E-state index in [2.05, 4.69) is 41.0 Å². The Kier molecular flexibility index (Phi) is 7.07. The van der Waals surface area contributed by atoms with Gasteiger partial charge in [0.2, 0.25) is 12.7 Å². The van der Waals surface area contributed by atoms with Crippen molar-refractivity contribution in [2.45, 2.75) is 77.0 Å². The maximum Gasteiger partial charge on any atom is 0.335 e. The van der Waals surface area contributed by atoms with Crippen LogP contribution < -0.4 is 5.32 Å². The van der Waals surface area contributed by atoms with E-state index in [9.17, 15) is 24.2 Å². The van der Waals surface area contributed by atoms with Gasteiger partial charge < -0.3 is 34.9 Å². The number of aliphatic hydroxyl groups excluding tert-OH is 2. The Hall–Kier alpha value is -1.14. The Labute approximate surface area is 224 Å². The maximum absolute atomic E-state index is 12.2. The Balaban J connectivity index is 1.37. The average molecular weight is 594 g/mol. The molecule has 5 rings (SSSR count). The Morgan fingerprint density at radius 2 is 1.89 bits per heavy atom. The van der Waals surface area contributed by atoms with E-state index in [1.165, 1.54) is 17.3 Å². The van der Waals surface area contributed by atoms with Gasteiger partial charge in [0.15, 0.2) is 23.2 Å². The minimum absolute atomic E-state index is 0.0300. The molecule has 0 radical (unpaired) electrons. The molecule has 13 nitrogen and oxygen atoms in total. The highest BCUT2D eigenvalue weighted by molar-refractivity contribution is 7.72. The summed E-state index contributed by atoms with van der Waals surface area (Å²) in [6, 6.07) is 0.164. The number of imidazole rings is 1. The van der Waals surface area contributed by atoms with E-state index in [-0.39, 0.29) is 34.2 Å². The van der Waals surface area contributed by atoms with Crippen molar-refractivity contribution in [2.75, 3.05) is 17.4 Å². The van der Waals surface area contributed by atoms with E-state index in [1.54, 1.807) is 0 Å². The predicted octanol–water partition coefficient (Wildman–Crippen LogP) is 2.52. The van der Waals surface area contributed by atoms with Gasteiger partial charge in [0.1, 0.15) is 18.1 Å². The molecule has 0 amide bonds. The molecule has 2 bridgehead atoms. The fraction of sp³-hybridized carbons (Fsp3) is 0.773. The molecule has 2 aliphatic carbocycles. The van der Waals surface area contributed by atoms with Gasteiger partial charge in [0, 0.05) is 12.2 Å². The molecule has 16 heteroatoms. The third-order valence-electron chi connectivity index (χ3n) is 9.28. The van der Waals surface area contributed by atoms with Crippen LogP contribution in [-0.4, -0.2) is 80.8 Å². The van der Waals surface area contributed by atoms with Crippen LogP contribution in [0.1, 0.15) is 52.7 Å². The minimum atomic E-state index is -4.70. The van der Waals surface area contributed by atoms with Gasteiger partial charge in [0.25, 0.3) is 0 Å². The molecule has 0 aromatic carbocycles. The Morgan fingerprint density at radius 1 is 1.18 bits per heavy atom. The molecule has 38 heavy (non-hydrogen) atoms.